The van der Waals surface area contributed by atoms with Gasteiger partial charge >= 0.3 is 5.97 Å². The lowest BCUT2D eigenvalue weighted by Crippen LogP contribution is -2.31. The fraction of sp³-hybridized carbons (Fsp3) is 0.0800. The molecular formula is C25H21N3O7. The molecule has 0 unspecified atom stereocenters. The molecule has 0 atom stereocenters. The van der Waals surface area contributed by atoms with Crippen molar-refractivity contribution in [2.45, 2.75) is 0 Å². The minimum Gasteiger partial charge on any atom is -0.496 e. The lowest BCUT2D eigenvalue weighted by molar-refractivity contribution is -0.384. The smallest absolute Gasteiger partial charge is 0.337 e. The van der Waals surface area contributed by atoms with Crippen molar-refractivity contribution in [2.75, 3.05) is 19.5 Å². The maximum Gasteiger partial charge on any atom is 0.337 e. The SMILES string of the molecule is COC(=O)c1cccc(NC(=O)/C(=C\c2cccc([N+](=O)[O-])c2)NC(=O)c2ccccc2OC)c1. The number of nitrogens with one attached hydrogen (secondary N) is 2. The minimum absolute atomic E-state index is 0.180. The number of hydrogen-bond donors (Lipinski definition) is 2. The molecule has 10 nitrogen and oxygen atoms in total. The highest BCUT2D eigenvalue weighted by Crippen LogP contribution is 2.20. The van der Waals surface area contributed by atoms with E-state index in [1.165, 1.54) is 56.7 Å². The van der Waals surface area contributed by atoms with Crippen molar-refractivity contribution < 1.29 is 28.8 Å². The molecule has 178 valence electrons. The summed E-state index contributed by atoms with van der Waals surface area (Å²) in [6.07, 6.45) is 1.31. The van der Waals surface area contributed by atoms with E-state index in [0.717, 1.165) is 0 Å². The molecule has 10 heteroatoms. The van der Waals surface area contributed by atoms with Gasteiger partial charge in [0.1, 0.15) is 11.4 Å². The van der Waals surface area contributed by atoms with E-state index in [9.17, 15) is 24.5 Å². The van der Waals surface area contributed by atoms with Gasteiger partial charge in [-0.05, 0) is 42.0 Å². The number of esters is 1. The number of carbonyl (C=O) groups is 3. The number of nitro groups is 1. The van der Waals surface area contributed by atoms with Gasteiger partial charge in [0.05, 0.1) is 30.3 Å². The first kappa shape index (κ1) is 24.6. The Morgan fingerprint density at radius 1 is 0.943 bits per heavy atom. The number of nitrogens with zero attached hydrogens (tertiary/aromatic N) is 1. The summed E-state index contributed by atoms with van der Waals surface area (Å²) >= 11 is 0. The second-order valence-electron chi connectivity index (χ2n) is 7.09. The van der Waals surface area contributed by atoms with Crippen LogP contribution in [0.4, 0.5) is 11.4 Å². The Kier molecular flexibility index (Phi) is 7.91. The third kappa shape index (κ3) is 6.29. The lowest BCUT2D eigenvalue weighted by atomic mass is 10.1. The van der Waals surface area contributed by atoms with Crippen molar-refractivity contribution in [2.24, 2.45) is 0 Å². The number of amides is 2. The zero-order valence-electron chi connectivity index (χ0n) is 18.8. The van der Waals surface area contributed by atoms with Crippen LogP contribution in [0.15, 0.2) is 78.5 Å². The quantitative estimate of drug-likeness (QED) is 0.219. The number of rotatable bonds is 8. The molecule has 0 spiro atoms. The van der Waals surface area contributed by atoms with Crippen LogP contribution in [0.1, 0.15) is 26.3 Å². The third-order valence-electron chi connectivity index (χ3n) is 4.78. The number of non-ortho nitro benzene ring substituents is 1. The fourth-order valence-corrected chi connectivity index (χ4v) is 3.12. The summed E-state index contributed by atoms with van der Waals surface area (Å²) in [5, 5.41) is 16.3. The number of ether oxygens (including phenoxy) is 2. The van der Waals surface area contributed by atoms with Crippen LogP contribution in [0.25, 0.3) is 6.08 Å². The van der Waals surface area contributed by atoms with Crippen molar-refractivity contribution in [3.8, 4) is 5.75 Å². The van der Waals surface area contributed by atoms with E-state index in [2.05, 4.69) is 15.4 Å². The van der Waals surface area contributed by atoms with E-state index in [1.807, 2.05) is 0 Å². The molecule has 3 aromatic carbocycles. The summed E-state index contributed by atoms with van der Waals surface area (Å²) in [5.41, 5.74) is 0.612. The van der Waals surface area contributed by atoms with E-state index in [-0.39, 0.29) is 28.2 Å². The Morgan fingerprint density at radius 2 is 1.69 bits per heavy atom. The van der Waals surface area contributed by atoms with E-state index in [0.29, 0.717) is 11.3 Å². The van der Waals surface area contributed by atoms with Crippen LogP contribution >= 0.6 is 0 Å². The highest BCUT2D eigenvalue weighted by molar-refractivity contribution is 6.11. The molecule has 0 fully saturated rings. The van der Waals surface area contributed by atoms with Crippen molar-refractivity contribution in [3.05, 3.63) is 105 Å². The summed E-state index contributed by atoms with van der Waals surface area (Å²) in [7, 11) is 2.65. The Bertz CT molecular complexity index is 1320. The summed E-state index contributed by atoms with van der Waals surface area (Å²) in [4.78, 5) is 48.5. The van der Waals surface area contributed by atoms with Gasteiger partial charge in [-0.15, -0.1) is 0 Å². The van der Waals surface area contributed by atoms with Gasteiger partial charge in [0.25, 0.3) is 17.5 Å². The minimum atomic E-state index is -0.721. The highest BCUT2D eigenvalue weighted by Gasteiger charge is 2.19. The molecule has 0 aliphatic carbocycles. The normalized spacial score (nSPS) is 10.7. The predicted octanol–water partition coefficient (Wildman–Crippen LogP) is 3.80. The third-order valence-corrected chi connectivity index (χ3v) is 4.78. The van der Waals surface area contributed by atoms with Crippen LogP contribution in [0, 0.1) is 10.1 Å². The van der Waals surface area contributed by atoms with Crippen molar-refractivity contribution in [1.82, 2.24) is 5.32 Å². The first-order chi connectivity index (χ1) is 16.8. The van der Waals surface area contributed by atoms with Crippen LogP contribution in [0.2, 0.25) is 0 Å². The second kappa shape index (κ2) is 11.2. The van der Waals surface area contributed by atoms with Gasteiger partial charge in [-0.1, -0.05) is 30.3 Å². The number of nitro benzene ring substituents is 1. The molecular weight excluding hydrogens is 454 g/mol. The van der Waals surface area contributed by atoms with Gasteiger partial charge < -0.3 is 20.1 Å². The average Bonchev–Trinajstić information content (AvgIpc) is 2.87. The van der Waals surface area contributed by atoms with Crippen molar-refractivity contribution in [3.63, 3.8) is 0 Å². The Balaban J connectivity index is 1.97. The fourth-order valence-electron chi connectivity index (χ4n) is 3.12. The first-order valence-corrected chi connectivity index (χ1v) is 10.2. The molecule has 0 aromatic heterocycles. The predicted molar refractivity (Wildman–Crippen MR) is 128 cm³/mol. The molecule has 0 aliphatic rings. The molecule has 0 aliphatic heterocycles. The van der Waals surface area contributed by atoms with E-state index < -0.39 is 22.7 Å². The Labute approximate surface area is 200 Å². The molecule has 0 heterocycles. The second-order valence-corrected chi connectivity index (χ2v) is 7.09. The van der Waals surface area contributed by atoms with E-state index in [1.54, 1.807) is 36.4 Å². The van der Waals surface area contributed by atoms with Crippen LogP contribution in [0.3, 0.4) is 0 Å². The monoisotopic (exact) mass is 475 g/mol. The van der Waals surface area contributed by atoms with Gasteiger partial charge in [0.2, 0.25) is 0 Å². The summed E-state index contributed by atoms with van der Waals surface area (Å²) < 4.78 is 9.90. The van der Waals surface area contributed by atoms with Crippen LogP contribution in [-0.4, -0.2) is 36.9 Å². The molecule has 0 bridgehead atoms. The maximum absolute atomic E-state index is 13.1. The highest BCUT2D eigenvalue weighted by atomic mass is 16.6. The molecule has 2 N–H and O–H groups in total. The van der Waals surface area contributed by atoms with Gasteiger partial charge in [0, 0.05) is 17.8 Å². The molecule has 0 saturated heterocycles. The number of benzene rings is 3. The Hall–Kier alpha value is -4.99. The molecule has 35 heavy (non-hydrogen) atoms. The van der Waals surface area contributed by atoms with Gasteiger partial charge in [-0.3, -0.25) is 19.7 Å². The number of hydrogen-bond acceptors (Lipinski definition) is 7. The summed E-state index contributed by atoms with van der Waals surface area (Å²) in [6, 6.07) is 18.1. The maximum atomic E-state index is 13.1. The first-order valence-electron chi connectivity index (χ1n) is 10.2. The number of methoxy groups -OCH3 is 2. The lowest BCUT2D eigenvalue weighted by Gasteiger charge is -2.13. The van der Waals surface area contributed by atoms with Crippen molar-refractivity contribution in [1.29, 1.82) is 0 Å². The van der Waals surface area contributed by atoms with Crippen LogP contribution in [-0.2, 0) is 9.53 Å². The molecule has 2 amide bonds. The van der Waals surface area contributed by atoms with Crippen LogP contribution in [0.5, 0.6) is 5.75 Å². The van der Waals surface area contributed by atoms with E-state index in [4.69, 9.17) is 4.74 Å². The topological polar surface area (TPSA) is 137 Å². The number of para-hydroxylation sites is 1. The standard InChI is InChI=1S/C25H21N3O7/c1-34-22-12-4-3-11-20(22)23(29)27-21(14-16-7-5-10-19(13-16)28(32)33)24(30)26-18-9-6-8-17(15-18)25(31)35-2/h3-15H,1-2H3,(H,26,30)(H,27,29)/b21-14+. The molecule has 3 rings (SSSR count). The zero-order chi connectivity index (χ0) is 25.4. The Morgan fingerprint density at radius 3 is 2.40 bits per heavy atom. The molecule has 0 saturated carbocycles. The van der Waals surface area contributed by atoms with E-state index >= 15 is 0 Å². The summed E-state index contributed by atoms with van der Waals surface area (Å²) in [6.45, 7) is 0. The van der Waals surface area contributed by atoms with Gasteiger partial charge in [-0.2, -0.15) is 0 Å². The molecule has 3 aromatic rings. The average molecular weight is 475 g/mol. The summed E-state index contributed by atoms with van der Waals surface area (Å²) in [5.74, 6) is -1.64. The van der Waals surface area contributed by atoms with Gasteiger partial charge in [-0.25, -0.2) is 4.79 Å². The number of anilines is 1. The number of carbonyl (C=O) groups excluding carboxylic acids is 3. The molecule has 0 radical (unpaired) electrons. The zero-order valence-corrected chi connectivity index (χ0v) is 18.8. The van der Waals surface area contributed by atoms with Crippen molar-refractivity contribution >= 4 is 35.2 Å². The van der Waals surface area contributed by atoms with Crippen LogP contribution < -0.4 is 15.4 Å². The van der Waals surface area contributed by atoms with Gasteiger partial charge in [0.15, 0.2) is 0 Å². The largest absolute Gasteiger partial charge is 0.496 e.